The molecule has 4 nitrogen and oxygen atoms in total. The number of hydrogen-bond donors (Lipinski definition) is 1. The molecule has 0 fully saturated rings. The van der Waals surface area contributed by atoms with E-state index < -0.39 is 6.10 Å². The molecule has 0 aliphatic rings. The minimum Gasteiger partial charge on any atom is -0.491 e. The number of hydrogen-bond acceptors (Lipinski definition) is 4. The normalized spacial score (nSPS) is 12.4. The zero-order chi connectivity index (χ0) is 13.4. The Labute approximate surface area is 108 Å². The molecular formula is C14H21NO3. The van der Waals surface area contributed by atoms with E-state index in [0.717, 1.165) is 17.7 Å². The molecule has 1 N–H and O–H groups in total. The summed E-state index contributed by atoms with van der Waals surface area (Å²) in [5, 5.41) is 11.3. The van der Waals surface area contributed by atoms with E-state index in [1.807, 2.05) is 30.3 Å². The van der Waals surface area contributed by atoms with E-state index in [1.54, 1.807) is 19.2 Å². The van der Waals surface area contributed by atoms with Crippen molar-refractivity contribution in [3.63, 3.8) is 0 Å². The summed E-state index contributed by atoms with van der Waals surface area (Å²) in [5.74, 6) is 0.788. The monoisotopic (exact) mass is 251 g/mol. The van der Waals surface area contributed by atoms with Crippen LogP contribution in [0.15, 0.2) is 36.9 Å². The van der Waals surface area contributed by atoms with Crippen molar-refractivity contribution < 1.29 is 14.7 Å². The second kappa shape index (κ2) is 7.87. The molecule has 0 bridgehead atoms. The fourth-order valence-electron chi connectivity index (χ4n) is 1.58. The fraction of sp³-hybridized carbons (Fsp3) is 0.429. The highest BCUT2D eigenvalue weighted by Crippen LogP contribution is 2.18. The minimum atomic E-state index is -0.591. The van der Waals surface area contributed by atoms with Crippen molar-refractivity contribution in [2.75, 3.05) is 27.3 Å². The van der Waals surface area contributed by atoms with E-state index in [0.29, 0.717) is 6.54 Å². The molecule has 0 aliphatic carbocycles. The average Bonchev–Trinajstić information content (AvgIpc) is 2.38. The molecule has 1 aromatic rings. The van der Waals surface area contributed by atoms with E-state index in [9.17, 15) is 5.11 Å². The number of para-hydroxylation sites is 1. The Bertz CT molecular complexity index is 368. The third-order valence-electron chi connectivity index (χ3n) is 2.55. The Hall–Kier alpha value is -1.36. The largest absolute Gasteiger partial charge is 0.491 e. The molecule has 1 atom stereocenters. The summed E-state index contributed by atoms with van der Waals surface area (Å²) < 4.78 is 5.62. The van der Waals surface area contributed by atoms with Crippen molar-refractivity contribution in [2.45, 2.75) is 12.5 Å². The number of rotatable bonds is 8. The first-order chi connectivity index (χ1) is 8.67. The number of benzene rings is 1. The Kier molecular flexibility index (Phi) is 6.43. The van der Waals surface area contributed by atoms with Gasteiger partial charge in [-0.15, -0.1) is 6.58 Å². The van der Waals surface area contributed by atoms with Crippen LogP contribution in [0.2, 0.25) is 0 Å². The standard InChI is InChI=1S/C14H21NO3/c1-4-7-12-8-5-6-9-14(12)18-11-13(16)10-15(2)17-3/h4-6,8-9,13,16H,1,7,10-11H2,2-3H3. The minimum absolute atomic E-state index is 0.238. The number of likely N-dealkylation sites (N-methyl/N-ethyl adjacent to an activating group) is 1. The van der Waals surface area contributed by atoms with Crippen LogP contribution in [0.3, 0.4) is 0 Å². The van der Waals surface area contributed by atoms with Crippen LogP contribution in [0.1, 0.15) is 5.56 Å². The molecule has 1 rings (SSSR count). The summed E-state index contributed by atoms with van der Waals surface area (Å²) in [4.78, 5) is 4.94. The molecule has 0 heterocycles. The van der Waals surface area contributed by atoms with Gasteiger partial charge in [0.25, 0.3) is 0 Å². The third-order valence-corrected chi connectivity index (χ3v) is 2.55. The molecule has 0 saturated carbocycles. The van der Waals surface area contributed by atoms with Gasteiger partial charge >= 0.3 is 0 Å². The van der Waals surface area contributed by atoms with Crippen LogP contribution < -0.4 is 4.74 Å². The summed E-state index contributed by atoms with van der Waals surface area (Å²) in [7, 11) is 3.32. The topological polar surface area (TPSA) is 41.9 Å². The second-order valence-electron chi connectivity index (χ2n) is 4.06. The maximum atomic E-state index is 9.77. The van der Waals surface area contributed by atoms with Gasteiger partial charge in [-0.2, -0.15) is 5.06 Å². The first kappa shape index (κ1) is 14.7. The van der Waals surface area contributed by atoms with Crippen molar-refractivity contribution in [1.29, 1.82) is 0 Å². The molecule has 4 heteroatoms. The molecule has 0 aromatic heterocycles. The lowest BCUT2D eigenvalue weighted by Crippen LogP contribution is -2.32. The Morgan fingerprint density at radius 1 is 1.44 bits per heavy atom. The van der Waals surface area contributed by atoms with Gasteiger partial charge in [-0.1, -0.05) is 24.3 Å². The summed E-state index contributed by atoms with van der Waals surface area (Å²) in [6.07, 6.45) is 1.99. The van der Waals surface area contributed by atoms with Gasteiger partial charge in [0.05, 0.1) is 13.7 Å². The van der Waals surface area contributed by atoms with Crippen molar-refractivity contribution in [3.8, 4) is 5.75 Å². The van der Waals surface area contributed by atoms with Gasteiger partial charge in [-0.3, -0.25) is 0 Å². The van der Waals surface area contributed by atoms with E-state index in [4.69, 9.17) is 9.57 Å². The lowest BCUT2D eigenvalue weighted by Gasteiger charge is -2.19. The van der Waals surface area contributed by atoms with Gasteiger partial charge < -0.3 is 14.7 Å². The Balaban J connectivity index is 2.49. The smallest absolute Gasteiger partial charge is 0.122 e. The maximum absolute atomic E-state index is 9.77. The molecule has 0 amide bonds. The second-order valence-corrected chi connectivity index (χ2v) is 4.06. The van der Waals surface area contributed by atoms with Crippen LogP contribution in [0.4, 0.5) is 0 Å². The summed E-state index contributed by atoms with van der Waals surface area (Å²) >= 11 is 0. The van der Waals surface area contributed by atoms with Gasteiger partial charge in [0.15, 0.2) is 0 Å². The maximum Gasteiger partial charge on any atom is 0.122 e. The lowest BCUT2D eigenvalue weighted by molar-refractivity contribution is -0.130. The molecule has 0 radical (unpaired) electrons. The van der Waals surface area contributed by atoms with Gasteiger partial charge in [-0.05, 0) is 18.1 Å². The highest BCUT2D eigenvalue weighted by molar-refractivity contribution is 5.34. The van der Waals surface area contributed by atoms with Crippen molar-refractivity contribution in [2.24, 2.45) is 0 Å². The summed E-state index contributed by atoms with van der Waals surface area (Å²) in [6, 6.07) is 7.76. The molecule has 0 spiro atoms. The molecule has 1 aromatic carbocycles. The van der Waals surface area contributed by atoms with Crippen molar-refractivity contribution in [3.05, 3.63) is 42.5 Å². The van der Waals surface area contributed by atoms with Crippen LogP contribution in [0.5, 0.6) is 5.75 Å². The number of aliphatic hydroxyl groups is 1. The predicted molar refractivity (Wildman–Crippen MR) is 71.5 cm³/mol. The quantitative estimate of drug-likeness (QED) is 0.563. The zero-order valence-corrected chi connectivity index (χ0v) is 11.0. The highest BCUT2D eigenvalue weighted by atomic mass is 16.7. The van der Waals surface area contributed by atoms with Crippen LogP contribution in [0, 0.1) is 0 Å². The van der Waals surface area contributed by atoms with Gasteiger partial charge in [-0.25, -0.2) is 0 Å². The number of nitrogens with zero attached hydrogens (tertiary/aromatic N) is 1. The van der Waals surface area contributed by atoms with Crippen LogP contribution in [-0.2, 0) is 11.3 Å². The number of ether oxygens (including phenoxy) is 1. The van der Waals surface area contributed by atoms with Gasteiger partial charge in [0.2, 0.25) is 0 Å². The molecule has 0 saturated heterocycles. The first-order valence-corrected chi connectivity index (χ1v) is 5.92. The zero-order valence-electron chi connectivity index (χ0n) is 11.0. The molecule has 0 aliphatic heterocycles. The average molecular weight is 251 g/mol. The molecule has 1 unspecified atom stereocenters. The summed E-state index contributed by atoms with van der Waals surface area (Å²) in [5.41, 5.74) is 1.07. The van der Waals surface area contributed by atoms with E-state index in [2.05, 4.69) is 6.58 Å². The Morgan fingerprint density at radius 3 is 2.83 bits per heavy atom. The SMILES string of the molecule is C=CCc1ccccc1OCC(O)CN(C)OC. The third kappa shape index (κ3) is 4.87. The van der Waals surface area contributed by atoms with E-state index in [-0.39, 0.29) is 6.61 Å². The highest BCUT2D eigenvalue weighted by Gasteiger charge is 2.10. The van der Waals surface area contributed by atoms with Crippen LogP contribution >= 0.6 is 0 Å². The predicted octanol–water partition coefficient (Wildman–Crippen LogP) is 1.65. The van der Waals surface area contributed by atoms with Crippen LogP contribution in [-0.4, -0.2) is 43.6 Å². The lowest BCUT2D eigenvalue weighted by atomic mass is 10.1. The van der Waals surface area contributed by atoms with E-state index in [1.165, 1.54) is 0 Å². The molecule has 18 heavy (non-hydrogen) atoms. The van der Waals surface area contributed by atoms with Crippen LogP contribution in [0.25, 0.3) is 0 Å². The summed E-state index contributed by atoms with van der Waals surface area (Å²) in [6.45, 7) is 4.36. The number of allylic oxidation sites excluding steroid dienone is 1. The number of hydroxylamine groups is 2. The van der Waals surface area contributed by atoms with E-state index >= 15 is 0 Å². The Morgan fingerprint density at radius 2 is 2.17 bits per heavy atom. The molecule has 100 valence electrons. The first-order valence-electron chi connectivity index (χ1n) is 5.92. The van der Waals surface area contributed by atoms with Crippen molar-refractivity contribution >= 4 is 0 Å². The fourth-order valence-corrected chi connectivity index (χ4v) is 1.58. The van der Waals surface area contributed by atoms with Crippen molar-refractivity contribution in [1.82, 2.24) is 5.06 Å². The number of aliphatic hydroxyl groups excluding tert-OH is 1. The van der Waals surface area contributed by atoms with Gasteiger partial charge in [0.1, 0.15) is 18.5 Å². The van der Waals surface area contributed by atoms with Gasteiger partial charge in [0, 0.05) is 7.05 Å². The molecular weight excluding hydrogens is 230 g/mol.